The van der Waals surface area contributed by atoms with Gasteiger partial charge in [0.05, 0.1) is 32.0 Å². The molecule has 2 rings (SSSR count). The van der Waals surface area contributed by atoms with Crippen LogP contribution in [0.25, 0.3) is 0 Å². The zero-order valence-electron chi connectivity index (χ0n) is 15.6. The van der Waals surface area contributed by atoms with E-state index in [2.05, 4.69) is 0 Å². The summed E-state index contributed by atoms with van der Waals surface area (Å²) in [7, 11) is 0. The van der Waals surface area contributed by atoms with Crippen LogP contribution in [0, 0.1) is 5.41 Å². The van der Waals surface area contributed by atoms with Crippen molar-refractivity contribution in [3.05, 3.63) is 59.7 Å². The summed E-state index contributed by atoms with van der Waals surface area (Å²) in [6.45, 7) is 2.85. The van der Waals surface area contributed by atoms with Crippen LogP contribution in [0.1, 0.15) is 15.9 Å². The maximum absolute atomic E-state index is 12.2. The van der Waals surface area contributed by atoms with E-state index in [-0.39, 0.29) is 5.84 Å². The molecule has 150 valence electrons. The molecule has 0 heterocycles. The molecule has 0 atom stereocenters. The van der Waals surface area contributed by atoms with Crippen molar-refractivity contribution in [2.24, 2.45) is 11.5 Å². The number of nitrogens with one attached hydrogen (secondary N) is 1. The third kappa shape index (κ3) is 7.36. The second-order valence-electron chi connectivity index (χ2n) is 5.71. The summed E-state index contributed by atoms with van der Waals surface area (Å²) in [4.78, 5) is 12.2. The minimum absolute atomic E-state index is 0.0428. The highest BCUT2D eigenvalue weighted by molar-refractivity contribution is 5.95. The molecule has 0 saturated carbocycles. The number of esters is 1. The second kappa shape index (κ2) is 11.7. The molecule has 2 aromatic carbocycles. The highest BCUT2D eigenvalue weighted by Crippen LogP contribution is 2.16. The van der Waals surface area contributed by atoms with E-state index in [0.717, 1.165) is 0 Å². The van der Waals surface area contributed by atoms with E-state index >= 15 is 0 Å². The van der Waals surface area contributed by atoms with Crippen molar-refractivity contribution < 1.29 is 23.7 Å². The Bertz CT molecular complexity index is 747. The zero-order valence-corrected chi connectivity index (χ0v) is 15.6. The number of nitrogens with two attached hydrogens (primary N) is 2. The number of hydrogen-bond acceptors (Lipinski definition) is 7. The molecular formula is C20H25N3O5. The van der Waals surface area contributed by atoms with Crippen molar-refractivity contribution in [2.45, 2.75) is 0 Å². The third-order valence-corrected chi connectivity index (χ3v) is 3.60. The van der Waals surface area contributed by atoms with Gasteiger partial charge in [0, 0.05) is 12.1 Å². The van der Waals surface area contributed by atoms with Crippen LogP contribution in [0.4, 0.5) is 0 Å². The van der Waals surface area contributed by atoms with Crippen molar-refractivity contribution in [3.63, 3.8) is 0 Å². The van der Waals surface area contributed by atoms with Crippen LogP contribution in [-0.4, -0.2) is 51.4 Å². The van der Waals surface area contributed by atoms with Crippen LogP contribution in [0.15, 0.2) is 48.5 Å². The molecule has 0 amide bonds. The first-order valence-electron chi connectivity index (χ1n) is 8.85. The topological polar surface area (TPSA) is 130 Å². The zero-order chi connectivity index (χ0) is 20.2. The molecule has 0 aliphatic heterocycles. The normalized spacial score (nSPS) is 10.5. The van der Waals surface area contributed by atoms with Crippen molar-refractivity contribution in [1.29, 1.82) is 5.41 Å². The van der Waals surface area contributed by atoms with Gasteiger partial charge in [0.15, 0.2) is 0 Å². The average molecular weight is 387 g/mol. The van der Waals surface area contributed by atoms with Gasteiger partial charge in [-0.3, -0.25) is 5.41 Å². The van der Waals surface area contributed by atoms with E-state index < -0.39 is 5.97 Å². The standard InChI is InChI=1S/C20H25N3O5/c21-9-10-25-11-12-26-13-14-27-17-5-3-16(4-6-17)20(24)28-18-7-1-15(2-8-18)19(22)23/h1-8H,9-14,21H2,(H3,22,23). The van der Waals surface area contributed by atoms with Crippen LogP contribution >= 0.6 is 0 Å². The molecule has 2 aromatic rings. The Labute approximate surface area is 163 Å². The molecule has 0 spiro atoms. The first-order chi connectivity index (χ1) is 13.6. The summed E-state index contributed by atoms with van der Waals surface area (Å²) in [6.07, 6.45) is 0. The Morgan fingerprint density at radius 1 is 0.786 bits per heavy atom. The second-order valence-corrected chi connectivity index (χ2v) is 5.71. The molecular weight excluding hydrogens is 362 g/mol. The molecule has 0 aliphatic carbocycles. The first-order valence-corrected chi connectivity index (χ1v) is 8.85. The van der Waals surface area contributed by atoms with Crippen LogP contribution < -0.4 is 20.9 Å². The van der Waals surface area contributed by atoms with Gasteiger partial charge in [-0.2, -0.15) is 0 Å². The van der Waals surface area contributed by atoms with E-state index in [4.69, 9.17) is 35.8 Å². The van der Waals surface area contributed by atoms with Crippen molar-refractivity contribution >= 4 is 11.8 Å². The maximum atomic E-state index is 12.2. The lowest BCUT2D eigenvalue weighted by Crippen LogP contribution is -2.14. The Kier molecular flexibility index (Phi) is 8.93. The Morgan fingerprint density at radius 2 is 1.32 bits per heavy atom. The first kappa shape index (κ1) is 21.4. The minimum atomic E-state index is -0.483. The van der Waals surface area contributed by atoms with Crippen LogP contribution in [-0.2, 0) is 9.47 Å². The van der Waals surface area contributed by atoms with Crippen LogP contribution in [0.2, 0.25) is 0 Å². The molecule has 8 nitrogen and oxygen atoms in total. The van der Waals surface area contributed by atoms with E-state index in [0.29, 0.717) is 62.2 Å². The fourth-order valence-electron chi connectivity index (χ4n) is 2.18. The Hall–Kier alpha value is -2.94. The molecule has 5 N–H and O–H groups in total. The number of benzene rings is 2. The minimum Gasteiger partial charge on any atom is -0.491 e. The van der Waals surface area contributed by atoms with Gasteiger partial charge in [-0.05, 0) is 48.5 Å². The van der Waals surface area contributed by atoms with Gasteiger partial charge >= 0.3 is 5.97 Å². The van der Waals surface area contributed by atoms with Gasteiger partial charge in [0.1, 0.15) is 23.9 Å². The van der Waals surface area contributed by atoms with Crippen LogP contribution in [0.5, 0.6) is 11.5 Å². The molecule has 0 unspecified atom stereocenters. The summed E-state index contributed by atoms with van der Waals surface area (Å²) in [6, 6.07) is 13.1. The van der Waals surface area contributed by atoms with E-state index in [1.165, 1.54) is 0 Å². The van der Waals surface area contributed by atoms with Gasteiger partial charge in [-0.1, -0.05) is 0 Å². The molecule has 8 heteroatoms. The summed E-state index contributed by atoms with van der Waals surface area (Å²) >= 11 is 0. The molecule has 0 saturated heterocycles. The van der Waals surface area contributed by atoms with Crippen molar-refractivity contribution in [3.8, 4) is 11.5 Å². The molecule has 28 heavy (non-hydrogen) atoms. The Morgan fingerprint density at radius 3 is 1.93 bits per heavy atom. The van der Waals surface area contributed by atoms with Gasteiger partial charge in [0.2, 0.25) is 0 Å². The molecule has 0 bridgehead atoms. The summed E-state index contributed by atoms with van der Waals surface area (Å²) in [5.41, 5.74) is 11.7. The van der Waals surface area contributed by atoms with Crippen molar-refractivity contribution in [1.82, 2.24) is 0 Å². The average Bonchev–Trinajstić information content (AvgIpc) is 2.71. The molecule has 0 fully saturated rings. The van der Waals surface area contributed by atoms with E-state index in [1.807, 2.05) is 0 Å². The number of amidine groups is 1. The summed E-state index contributed by atoms with van der Waals surface area (Å²) in [5.74, 6) is 0.481. The number of rotatable bonds is 12. The lowest BCUT2D eigenvalue weighted by molar-refractivity contribution is 0.0388. The predicted molar refractivity (Wildman–Crippen MR) is 105 cm³/mol. The fraction of sp³-hybridized carbons (Fsp3) is 0.300. The van der Waals surface area contributed by atoms with E-state index in [9.17, 15) is 4.79 Å². The third-order valence-electron chi connectivity index (χ3n) is 3.60. The number of carbonyl (C=O) groups excluding carboxylic acids is 1. The van der Waals surface area contributed by atoms with Gasteiger partial charge in [-0.15, -0.1) is 0 Å². The van der Waals surface area contributed by atoms with Gasteiger partial charge in [0.25, 0.3) is 0 Å². The SMILES string of the molecule is N=C(N)c1ccc(OC(=O)c2ccc(OCCOCCOCCN)cc2)cc1. The lowest BCUT2D eigenvalue weighted by atomic mass is 10.2. The highest BCUT2D eigenvalue weighted by Gasteiger charge is 2.09. The number of carbonyl (C=O) groups is 1. The molecule has 0 radical (unpaired) electrons. The quantitative estimate of drug-likeness (QED) is 0.166. The largest absolute Gasteiger partial charge is 0.491 e. The lowest BCUT2D eigenvalue weighted by Gasteiger charge is -2.09. The summed E-state index contributed by atoms with van der Waals surface area (Å²) in [5, 5.41) is 7.35. The number of hydrogen-bond donors (Lipinski definition) is 3. The molecule has 0 aliphatic rings. The molecule has 0 aromatic heterocycles. The van der Waals surface area contributed by atoms with Crippen molar-refractivity contribution in [2.75, 3.05) is 39.6 Å². The van der Waals surface area contributed by atoms with Crippen LogP contribution in [0.3, 0.4) is 0 Å². The summed E-state index contributed by atoms with van der Waals surface area (Å²) < 4.78 is 21.4. The van der Waals surface area contributed by atoms with Gasteiger partial charge in [-0.25, -0.2) is 4.79 Å². The van der Waals surface area contributed by atoms with E-state index in [1.54, 1.807) is 48.5 Å². The Balaban J connectivity index is 1.72. The van der Waals surface area contributed by atoms with Gasteiger partial charge < -0.3 is 30.4 Å². The number of ether oxygens (including phenoxy) is 4. The predicted octanol–water partition coefficient (Wildman–Crippen LogP) is 1.56. The highest BCUT2D eigenvalue weighted by atomic mass is 16.5. The monoisotopic (exact) mass is 387 g/mol. The smallest absolute Gasteiger partial charge is 0.343 e. The fourth-order valence-corrected chi connectivity index (χ4v) is 2.18. The number of nitrogen functional groups attached to an aromatic ring is 1. The maximum Gasteiger partial charge on any atom is 0.343 e.